The summed E-state index contributed by atoms with van der Waals surface area (Å²) in [6.45, 7) is 3.06. The number of nitrogens with zero attached hydrogens (tertiary/aromatic N) is 1. The molecule has 1 aliphatic heterocycles. The number of methoxy groups -OCH3 is 2. The third-order valence-corrected chi connectivity index (χ3v) is 5.03. The summed E-state index contributed by atoms with van der Waals surface area (Å²) in [7, 11) is 3.17. The molecule has 1 amide bonds. The van der Waals surface area contributed by atoms with Crippen molar-refractivity contribution >= 4 is 11.6 Å². The number of hydrogen-bond donors (Lipinski definition) is 1. The Balaban J connectivity index is 1.64. The van der Waals surface area contributed by atoms with Crippen molar-refractivity contribution in [3.8, 4) is 17.2 Å². The van der Waals surface area contributed by atoms with Gasteiger partial charge < -0.3 is 19.5 Å². The average molecular weight is 424 g/mol. The number of fused-ring (bicyclic) bond motifs is 1. The molecule has 2 aromatic carbocycles. The first-order chi connectivity index (χ1) is 14.2. The number of hydrogen-bond acceptors (Lipinski definition) is 5. The maximum Gasteiger partial charge on any atom is 0.573 e. The molecule has 0 saturated heterocycles. The molecule has 0 fully saturated rings. The molecule has 0 spiro atoms. The van der Waals surface area contributed by atoms with Crippen molar-refractivity contribution < 1.29 is 32.2 Å². The number of rotatable bonds is 6. The van der Waals surface area contributed by atoms with E-state index >= 15 is 0 Å². The standard InChI is InChI=1S/C21H23F3N2O4/c1-13(20(27)25-16-4-6-17(7-5-16)30-21(22,23)24)26-9-8-14-10-18(28-2)19(29-3)11-15(14)12-26/h4-7,10-11,13H,8-9,12H2,1-3H3,(H,25,27)/t13-/m1/s1. The number of carbonyl (C=O) groups is 1. The van der Waals surface area contributed by atoms with Crippen LogP contribution in [0.4, 0.5) is 18.9 Å². The lowest BCUT2D eigenvalue weighted by atomic mass is 9.97. The number of anilines is 1. The van der Waals surface area contributed by atoms with Crippen LogP contribution in [-0.4, -0.2) is 44.0 Å². The number of carbonyl (C=O) groups excluding carboxylic acids is 1. The molecule has 1 N–H and O–H groups in total. The third-order valence-electron chi connectivity index (χ3n) is 5.03. The van der Waals surface area contributed by atoms with Gasteiger partial charge in [-0.25, -0.2) is 0 Å². The van der Waals surface area contributed by atoms with Gasteiger partial charge in [0.05, 0.1) is 20.3 Å². The zero-order valence-corrected chi connectivity index (χ0v) is 16.9. The van der Waals surface area contributed by atoms with Crippen LogP contribution in [0.5, 0.6) is 17.2 Å². The van der Waals surface area contributed by atoms with Crippen LogP contribution in [0.1, 0.15) is 18.1 Å². The molecule has 0 radical (unpaired) electrons. The van der Waals surface area contributed by atoms with Crippen molar-refractivity contribution in [1.29, 1.82) is 0 Å². The Bertz CT molecular complexity index is 900. The summed E-state index contributed by atoms with van der Waals surface area (Å²) in [6, 6.07) is 8.50. The average Bonchev–Trinajstić information content (AvgIpc) is 2.72. The van der Waals surface area contributed by atoms with Gasteiger partial charge in [0.1, 0.15) is 5.75 Å². The van der Waals surface area contributed by atoms with E-state index in [1.165, 1.54) is 12.1 Å². The molecule has 1 aliphatic rings. The monoisotopic (exact) mass is 424 g/mol. The van der Waals surface area contributed by atoms with Gasteiger partial charge in [-0.05, 0) is 60.9 Å². The van der Waals surface area contributed by atoms with Crippen molar-refractivity contribution in [2.75, 3.05) is 26.1 Å². The minimum Gasteiger partial charge on any atom is -0.493 e. The Kier molecular flexibility index (Phi) is 6.40. The van der Waals surface area contributed by atoms with Crippen molar-refractivity contribution in [3.63, 3.8) is 0 Å². The van der Waals surface area contributed by atoms with E-state index in [-0.39, 0.29) is 11.7 Å². The second-order valence-electron chi connectivity index (χ2n) is 6.93. The Morgan fingerprint density at radius 2 is 1.67 bits per heavy atom. The SMILES string of the molecule is COc1cc2c(cc1OC)CN([C@H](C)C(=O)Nc1ccc(OC(F)(F)F)cc1)CC2. The molecule has 0 saturated carbocycles. The van der Waals surface area contributed by atoms with Crippen LogP contribution >= 0.6 is 0 Å². The van der Waals surface area contributed by atoms with E-state index < -0.39 is 12.4 Å². The van der Waals surface area contributed by atoms with Crippen LogP contribution in [0.2, 0.25) is 0 Å². The van der Waals surface area contributed by atoms with E-state index in [1.54, 1.807) is 21.1 Å². The summed E-state index contributed by atoms with van der Waals surface area (Å²) < 4.78 is 51.3. The number of alkyl halides is 3. The minimum absolute atomic E-state index is 0.247. The number of halogens is 3. The normalized spacial score (nSPS) is 15.1. The Morgan fingerprint density at radius 1 is 1.07 bits per heavy atom. The lowest BCUT2D eigenvalue weighted by Gasteiger charge is -2.33. The number of amides is 1. The van der Waals surface area contributed by atoms with Gasteiger partial charge in [0, 0.05) is 18.8 Å². The Labute approximate surface area is 172 Å². The van der Waals surface area contributed by atoms with Gasteiger partial charge in [-0.15, -0.1) is 13.2 Å². The van der Waals surface area contributed by atoms with Crippen LogP contribution in [0.15, 0.2) is 36.4 Å². The highest BCUT2D eigenvalue weighted by molar-refractivity contribution is 5.94. The number of benzene rings is 2. The van der Waals surface area contributed by atoms with Crippen LogP contribution in [0.3, 0.4) is 0 Å². The van der Waals surface area contributed by atoms with Crippen LogP contribution in [0, 0.1) is 0 Å². The Morgan fingerprint density at radius 3 is 2.23 bits per heavy atom. The van der Waals surface area contributed by atoms with Crippen LogP contribution in [0.25, 0.3) is 0 Å². The zero-order valence-electron chi connectivity index (χ0n) is 16.9. The summed E-state index contributed by atoms with van der Waals surface area (Å²) in [5.41, 5.74) is 2.61. The molecule has 3 rings (SSSR count). The predicted molar refractivity (Wildman–Crippen MR) is 105 cm³/mol. The predicted octanol–water partition coefficient (Wildman–Crippen LogP) is 3.99. The van der Waals surface area contributed by atoms with E-state index in [1.807, 2.05) is 17.0 Å². The number of nitrogens with one attached hydrogen (secondary N) is 1. The minimum atomic E-state index is -4.75. The highest BCUT2D eigenvalue weighted by Gasteiger charge is 2.31. The zero-order chi connectivity index (χ0) is 21.9. The van der Waals surface area contributed by atoms with E-state index in [9.17, 15) is 18.0 Å². The van der Waals surface area contributed by atoms with Gasteiger partial charge in [-0.1, -0.05) is 0 Å². The first-order valence-corrected chi connectivity index (χ1v) is 9.34. The Hall–Kier alpha value is -2.94. The highest BCUT2D eigenvalue weighted by Crippen LogP contribution is 2.33. The quantitative estimate of drug-likeness (QED) is 0.760. The molecule has 2 aromatic rings. The largest absolute Gasteiger partial charge is 0.573 e. The maximum absolute atomic E-state index is 12.7. The summed E-state index contributed by atoms with van der Waals surface area (Å²) in [5, 5.41) is 2.73. The molecule has 0 bridgehead atoms. The van der Waals surface area contributed by atoms with Gasteiger partial charge in [0.2, 0.25) is 5.91 Å². The van der Waals surface area contributed by atoms with Gasteiger partial charge in [-0.2, -0.15) is 0 Å². The first-order valence-electron chi connectivity index (χ1n) is 9.34. The molecule has 162 valence electrons. The molecule has 9 heteroatoms. The molecule has 6 nitrogen and oxygen atoms in total. The maximum atomic E-state index is 12.7. The molecule has 0 aromatic heterocycles. The molecular formula is C21H23F3N2O4. The molecule has 0 aliphatic carbocycles. The highest BCUT2D eigenvalue weighted by atomic mass is 19.4. The van der Waals surface area contributed by atoms with E-state index in [0.29, 0.717) is 30.3 Å². The van der Waals surface area contributed by atoms with Gasteiger partial charge in [0.25, 0.3) is 0 Å². The topological polar surface area (TPSA) is 60.0 Å². The summed E-state index contributed by atoms with van der Waals surface area (Å²) in [4.78, 5) is 14.7. The van der Waals surface area contributed by atoms with Gasteiger partial charge >= 0.3 is 6.36 Å². The molecule has 1 atom stereocenters. The van der Waals surface area contributed by atoms with Crippen LogP contribution < -0.4 is 19.5 Å². The molecule has 30 heavy (non-hydrogen) atoms. The fourth-order valence-electron chi connectivity index (χ4n) is 3.39. The van der Waals surface area contributed by atoms with Crippen molar-refractivity contribution in [3.05, 3.63) is 47.5 Å². The van der Waals surface area contributed by atoms with E-state index in [4.69, 9.17) is 9.47 Å². The number of ether oxygens (including phenoxy) is 3. The fourth-order valence-corrected chi connectivity index (χ4v) is 3.39. The van der Waals surface area contributed by atoms with Crippen molar-refractivity contribution in [2.24, 2.45) is 0 Å². The molecular weight excluding hydrogens is 401 g/mol. The smallest absolute Gasteiger partial charge is 0.493 e. The lowest BCUT2D eigenvalue weighted by Crippen LogP contribution is -2.44. The van der Waals surface area contributed by atoms with Gasteiger partial charge in [0.15, 0.2) is 11.5 Å². The van der Waals surface area contributed by atoms with E-state index in [2.05, 4.69) is 10.1 Å². The summed E-state index contributed by atoms with van der Waals surface area (Å²) >= 11 is 0. The van der Waals surface area contributed by atoms with Gasteiger partial charge in [-0.3, -0.25) is 9.69 Å². The third kappa shape index (κ3) is 5.15. The second-order valence-corrected chi connectivity index (χ2v) is 6.93. The van der Waals surface area contributed by atoms with Crippen molar-refractivity contribution in [2.45, 2.75) is 32.3 Å². The summed E-state index contributed by atoms with van der Waals surface area (Å²) in [6.07, 6.45) is -3.99. The molecule has 0 unspecified atom stereocenters. The lowest BCUT2D eigenvalue weighted by molar-refractivity contribution is -0.274. The fraction of sp³-hybridized carbons (Fsp3) is 0.381. The van der Waals surface area contributed by atoms with Crippen molar-refractivity contribution in [1.82, 2.24) is 4.90 Å². The molecule has 1 heterocycles. The first kappa shape index (κ1) is 21.8. The van der Waals surface area contributed by atoms with E-state index in [0.717, 1.165) is 29.7 Å². The van der Waals surface area contributed by atoms with Crippen LogP contribution in [-0.2, 0) is 17.8 Å². The second kappa shape index (κ2) is 8.83. The summed E-state index contributed by atoms with van der Waals surface area (Å²) in [5.74, 6) is 0.721.